The van der Waals surface area contributed by atoms with Crippen LogP contribution in [-0.4, -0.2) is 25.7 Å². The molecule has 0 bridgehead atoms. The Hall–Kier alpha value is -2.78. The van der Waals surface area contributed by atoms with Crippen molar-refractivity contribution in [3.05, 3.63) is 46.4 Å². The highest BCUT2D eigenvalue weighted by Gasteiger charge is 2.21. The minimum Gasteiger partial charge on any atom is -0.440 e. The van der Waals surface area contributed by atoms with Gasteiger partial charge in [-0.15, -0.1) is 11.3 Å². The van der Waals surface area contributed by atoms with Gasteiger partial charge >= 0.3 is 0 Å². The van der Waals surface area contributed by atoms with Gasteiger partial charge in [0.15, 0.2) is 16.2 Å². The van der Waals surface area contributed by atoms with Crippen molar-refractivity contribution < 1.29 is 9.21 Å². The van der Waals surface area contributed by atoms with Crippen LogP contribution in [0.2, 0.25) is 0 Å². The SMILES string of the molecule is CC(C)(C)c1nc2cc(NC(=O)Cn3c(-c4cccs4)n[nH]c3=S)ccc2o1. The van der Waals surface area contributed by atoms with Crippen LogP contribution < -0.4 is 5.32 Å². The van der Waals surface area contributed by atoms with E-state index in [1.165, 1.54) is 0 Å². The molecule has 9 heteroatoms. The van der Waals surface area contributed by atoms with Gasteiger partial charge < -0.3 is 9.73 Å². The number of carbonyl (C=O) groups is 1. The van der Waals surface area contributed by atoms with Crippen LogP contribution in [0.5, 0.6) is 0 Å². The minimum atomic E-state index is -0.200. The first-order valence-electron chi connectivity index (χ1n) is 8.71. The third-order valence-corrected chi connectivity index (χ3v) is 5.29. The largest absolute Gasteiger partial charge is 0.440 e. The number of oxazole rings is 1. The molecule has 0 aliphatic rings. The van der Waals surface area contributed by atoms with Gasteiger partial charge in [-0.1, -0.05) is 26.8 Å². The molecule has 0 saturated heterocycles. The van der Waals surface area contributed by atoms with E-state index in [0.717, 1.165) is 4.88 Å². The summed E-state index contributed by atoms with van der Waals surface area (Å²) in [6.45, 7) is 6.19. The Morgan fingerprint density at radius 3 is 2.89 bits per heavy atom. The van der Waals surface area contributed by atoms with Crippen LogP contribution in [0.4, 0.5) is 5.69 Å². The second-order valence-electron chi connectivity index (χ2n) is 7.42. The Bertz CT molecular complexity index is 1200. The van der Waals surface area contributed by atoms with E-state index in [4.69, 9.17) is 16.6 Å². The van der Waals surface area contributed by atoms with Crippen molar-refractivity contribution in [2.24, 2.45) is 0 Å². The second-order valence-corrected chi connectivity index (χ2v) is 8.75. The highest BCUT2D eigenvalue weighted by Crippen LogP contribution is 2.27. The van der Waals surface area contributed by atoms with Crippen molar-refractivity contribution in [3.63, 3.8) is 0 Å². The number of hydrogen-bond acceptors (Lipinski definition) is 6. The average molecular weight is 414 g/mol. The summed E-state index contributed by atoms with van der Waals surface area (Å²) in [6, 6.07) is 9.29. The predicted octanol–water partition coefficient (Wildman–Crippen LogP) is 4.75. The maximum Gasteiger partial charge on any atom is 0.244 e. The number of aromatic amines is 1. The van der Waals surface area contributed by atoms with Gasteiger partial charge in [0.1, 0.15) is 12.1 Å². The summed E-state index contributed by atoms with van der Waals surface area (Å²) in [5.41, 5.74) is 1.87. The summed E-state index contributed by atoms with van der Waals surface area (Å²) < 4.78 is 7.88. The van der Waals surface area contributed by atoms with Crippen LogP contribution in [0.25, 0.3) is 21.8 Å². The molecule has 3 aromatic heterocycles. The number of hydrogen-bond donors (Lipinski definition) is 2. The van der Waals surface area contributed by atoms with Crippen LogP contribution >= 0.6 is 23.6 Å². The van der Waals surface area contributed by atoms with Gasteiger partial charge in [-0.3, -0.25) is 14.5 Å². The maximum atomic E-state index is 12.6. The van der Waals surface area contributed by atoms with Crippen molar-refractivity contribution in [1.29, 1.82) is 0 Å². The first-order chi connectivity index (χ1) is 13.3. The fourth-order valence-corrected chi connectivity index (χ4v) is 3.65. The van der Waals surface area contributed by atoms with Crippen molar-refractivity contribution in [2.75, 3.05) is 5.32 Å². The van der Waals surface area contributed by atoms with Crippen molar-refractivity contribution >= 4 is 46.2 Å². The van der Waals surface area contributed by atoms with E-state index in [2.05, 4.69) is 20.5 Å². The van der Waals surface area contributed by atoms with Crippen molar-refractivity contribution in [1.82, 2.24) is 19.7 Å². The monoisotopic (exact) mass is 413 g/mol. The van der Waals surface area contributed by atoms with Gasteiger partial charge in [-0.2, -0.15) is 5.10 Å². The summed E-state index contributed by atoms with van der Waals surface area (Å²) >= 11 is 6.82. The first-order valence-corrected chi connectivity index (χ1v) is 10.00. The zero-order valence-electron chi connectivity index (χ0n) is 15.6. The number of rotatable bonds is 4. The van der Waals surface area contributed by atoms with E-state index in [0.29, 0.717) is 33.3 Å². The zero-order chi connectivity index (χ0) is 19.9. The number of H-pyrrole nitrogens is 1. The quantitative estimate of drug-likeness (QED) is 0.472. The van der Waals surface area contributed by atoms with Crippen LogP contribution in [0.15, 0.2) is 40.1 Å². The molecule has 0 atom stereocenters. The molecule has 1 aromatic carbocycles. The summed E-state index contributed by atoms with van der Waals surface area (Å²) in [7, 11) is 0. The molecule has 0 aliphatic heterocycles. The third-order valence-electron chi connectivity index (χ3n) is 4.11. The normalized spacial score (nSPS) is 11.8. The lowest BCUT2D eigenvalue weighted by molar-refractivity contribution is -0.116. The lowest BCUT2D eigenvalue weighted by Gasteiger charge is -2.11. The molecule has 4 aromatic rings. The zero-order valence-corrected chi connectivity index (χ0v) is 17.3. The summed E-state index contributed by atoms with van der Waals surface area (Å²) in [5, 5.41) is 11.8. The van der Waals surface area contributed by atoms with Gasteiger partial charge in [0, 0.05) is 11.1 Å². The third kappa shape index (κ3) is 3.63. The Labute approximate surface area is 170 Å². The van der Waals surface area contributed by atoms with E-state index in [-0.39, 0.29) is 17.9 Å². The Balaban J connectivity index is 1.55. The highest BCUT2D eigenvalue weighted by molar-refractivity contribution is 7.71. The number of nitrogens with zero attached hydrogens (tertiary/aromatic N) is 3. The minimum absolute atomic E-state index is 0.0622. The van der Waals surface area contributed by atoms with Gasteiger partial charge in [-0.25, -0.2) is 4.98 Å². The molecule has 1 amide bonds. The molecule has 0 unspecified atom stereocenters. The number of amides is 1. The molecule has 0 radical (unpaired) electrons. The number of fused-ring (bicyclic) bond motifs is 1. The Kier molecular flexibility index (Phi) is 4.64. The molecule has 3 heterocycles. The lowest BCUT2D eigenvalue weighted by Crippen LogP contribution is -2.19. The lowest BCUT2D eigenvalue weighted by atomic mass is 9.97. The molecule has 28 heavy (non-hydrogen) atoms. The molecule has 2 N–H and O–H groups in total. The topological polar surface area (TPSA) is 88.7 Å². The van der Waals surface area contributed by atoms with Gasteiger partial charge in [0.25, 0.3) is 0 Å². The first kappa shape index (κ1) is 18.6. The second kappa shape index (κ2) is 6.99. The molecule has 0 fully saturated rings. The Morgan fingerprint density at radius 2 is 2.18 bits per heavy atom. The number of anilines is 1. The number of thiophene rings is 1. The van der Waals surface area contributed by atoms with E-state index < -0.39 is 0 Å². The van der Waals surface area contributed by atoms with Crippen LogP contribution in [-0.2, 0) is 16.8 Å². The molecule has 144 valence electrons. The summed E-state index contributed by atoms with van der Waals surface area (Å²) in [5.74, 6) is 1.11. The number of carbonyl (C=O) groups excluding carboxylic acids is 1. The molecule has 7 nitrogen and oxygen atoms in total. The van der Waals surface area contributed by atoms with Gasteiger partial charge in [0.05, 0.1) is 4.88 Å². The maximum absolute atomic E-state index is 12.6. The molecular weight excluding hydrogens is 394 g/mol. The van der Waals surface area contributed by atoms with E-state index in [9.17, 15) is 4.79 Å². The Morgan fingerprint density at radius 1 is 1.36 bits per heavy atom. The van der Waals surface area contributed by atoms with Crippen LogP contribution in [0, 0.1) is 4.77 Å². The smallest absolute Gasteiger partial charge is 0.244 e. The summed E-state index contributed by atoms with van der Waals surface area (Å²) in [6.07, 6.45) is 0. The molecule has 0 aliphatic carbocycles. The van der Waals surface area contributed by atoms with Crippen LogP contribution in [0.1, 0.15) is 26.7 Å². The number of nitrogens with one attached hydrogen (secondary N) is 2. The molecule has 0 spiro atoms. The van der Waals surface area contributed by atoms with E-state index in [1.807, 2.05) is 44.4 Å². The van der Waals surface area contributed by atoms with Gasteiger partial charge in [0.2, 0.25) is 11.8 Å². The standard InChI is InChI=1S/C19H19N5O2S2/c1-19(2,3)17-21-12-9-11(6-7-13(12)26-17)20-15(25)10-24-16(22-23-18(24)27)14-5-4-8-28-14/h4-9H,10H2,1-3H3,(H,20,25)(H,23,27). The van der Waals surface area contributed by atoms with E-state index >= 15 is 0 Å². The molecule has 0 saturated carbocycles. The van der Waals surface area contributed by atoms with Crippen molar-refractivity contribution in [2.45, 2.75) is 32.7 Å². The van der Waals surface area contributed by atoms with Crippen molar-refractivity contribution in [3.8, 4) is 10.7 Å². The fourth-order valence-electron chi connectivity index (χ4n) is 2.73. The molecule has 4 rings (SSSR count). The number of benzene rings is 1. The average Bonchev–Trinajstić information content (AvgIpc) is 3.34. The van der Waals surface area contributed by atoms with Crippen LogP contribution in [0.3, 0.4) is 0 Å². The molecular formula is C19H19N5O2S2. The fraction of sp³-hybridized carbons (Fsp3) is 0.263. The predicted molar refractivity (Wildman–Crippen MR) is 112 cm³/mol. The number of aromatic nitrogens is 4. The van der Waals surface area contributed by atoms with E-state index in [1.54, 1.807) is 28.0 Å². The van der Waals surface area contributed by atoms with Gasteiger partial charge in [-0.05, 0) is 41.9 Å². The summed E-state index contributed by atoms with van der Waals surface area (Å²) in [4.78, 5) is 18.1. The highest BCUT2D eigenvalue weighted by atomic mass is 32.1.